The highest BCUT2D eigenvalue weighted by atomic mass is 32.2. The lowest BCUT2D eigenvalue weighted by Crippen LogP contribution is -2.21. The van der Waals surface area contributed by atoms with E-state index in [2.05, 4.69) is 31.8 Å². The van der Waals surface area contributed by atoms with Crippen molar-refractivity contribution >= 4 is 28.8 Å². The van der Waals surface area contributed by atoms with E-state index < -0.39 is 5.76 Å². The van der Waals surface area contributed by atoms with Crippen LogP contribution in [0.4, 0.5) is 8.78 Å². The summed E-state index contributed by atoms with van der Waals surface area (Å²) in [6.45, 7) is 2.14. The molecule has 3 unspecified atom stereocenters. The van der Waals surface area contributed by atoms with Crippen LogP contribution in [-0.2, 0) is 0 Å². The maximum atomic E-state index is 12.4. The van der Waals surface area contributed by atoms with Crippen molar-refractivity contribution in [3.8, 4) is 0 Å². The molecule has 1 aliphatic rings. The summed E-state index contributed by atoms with van der Waals surface area (Å²) in [5, 5.41) is 8.66. The normalized spacial score (nSPS) is 24.6. The van der Waals surface area contributed by atoms with E-state index in [4.69, 9.17) is 0 Å². The van der Waals surface area contributed by atoms with Crippen molar-refractivity contribution in [3.05, 3.63) is 24.3 Å². The second-order valence-corrected chi connectivity index (χ2v) is 6.99. The zero-order valence-electron chi connectivity index (χ0n) is 13.1. The maximum Gasteiger partial charge on any atom is 0.297 e. The number of hydrogen-bond acceptors (Lipinski definition) is 5. The first-order valence-corrected chi connectivity index (χ1v) is 8.91. The van der Waals surface area contributed by atoms with Gasteiger partial charge in [-0.25, -0.2) is 4.98 Å². The van der Waals surface area contributed by atoms with Crippen molar-refractivity contribution in [1.82, 2.24) is 29.3 Å². The highest BCUT2D eigenvalue weighted by Gasteiger charge is 2.37. The highest BCUT2D eigenvalue weighted by molar-refractivity contribution is 7.97. The van der Waals surface area contributed by atoms with Crippen LogP contribution < -0.4 is 4.72 Å². The second-order valence-electron chi connectivity index (χ2n) is 6.16. The van der Waals surface area contributed by atoms with E-state index in [-0.39, 0.29) is 12.0 Å². The molecule has 3 aromatic rings. The molecule has 9 heteroatoms. The summed E-state index contributed by atoms with van der Waals surface area (Å²) in [7, 11) is 0. The maximum absolute atomic E-state index is 12.4. The average Bonchev–Trinajstić information content (AvgIpc) is 3.28. The second kappa shape index (κ2) is 6.29. The molecule has 1 aliphatic carbocycles. The zero-order chi connectivity index (χ0) is 16.7. The van der Waals surface area contributed by atoms with Gasteiger partial charge in [-0.3, -0.25) is 9.12 Å². The molecule has 1 saturated carbocycles. The Morgan fingerprint density at radius 3 is 3.08 bits per heavy atom. The number of hydrogen-bond donors (Lipinski definition) is 2. The van der Waals surface area contributed by atoms with Gasteiger partial charge in [0.25, 0.3) is 5.76 Å². The number of nitrogens with zero attached hydrogens (tertiary/aromatic N) is 4. The predicted octanol–water partition coefficient (Wildman–Crippen LogP) is 3.34. The smallest absolute Gasteiger partial charge is 0.297 e. The Morgan fingerprint density at radius 2 is 2.29 bits per heavy atom. The van der Waals surface area contributed by atoms with Crippen LogP contribution in [0, 0.1) is 5.92 Å². The largest absolute Gasteiger partial charge is 0.345 e. The van der Waals surface area contributed by atoms with Crippen LogP contribution in [-0.4, -0.2) is 36.4 Å². The lowest BCUT2D eigenvalue weighted by molar-refractivity contribution is 0.250. The molecule has 3 atom stereocenters. The van der Waals surface area contributed by atoms with Gasteiger partial charge in [0.05, 0.1) is 11.7 Å². The Balaban J connectivity index is 1.69. The summed E-state index contributed by atoms with van der Waals surface area (Å²) < 4.78 is 29.8. The van der Waals surface area contributed by atoms with Gasteiger partial charge in [0.15, 0.2) is 11.3 Å². The molecule has 0 aromatic carbocycles. The highest BCUT2D eigenvalue weighted by Crippen LogP contribution is 2.42. The molecule has 2 N–H and O–H groups in total. The van der Waals surface area contributed by atoms with Gasteiger partial charge in [0, 0.05) is 18.2 Å². The van der Waals surface area contributed by atoms with E-state index in [1.54, 1.807) is 6.20 Å². The molecule has 24 heavy (non-hydrogen) atoms. The van der Waals surface area contributed by atoms with Crippen molar-refractivity contribution < 1.29 is 8.78 Å². The number of nitrogens with one attached hydrogen (secondary N) is 2. The number of alkyl halides is 2. The van der Waals surface area contributed by atoms with Crippen LogP contribution in [0.5, 0.6) is 0 Å². The molecule has 0 bridgehead atoms. The Bertz CT molecular complexity index is 847. The monoisotopic (exact) mass is 352 g/mol. The third-order valence-corrected chi connectivity index (χ3v) is 5.49. The van der Waals surface area contributed by atoms with E-state index in [1.165, 1.54) is 0 Å². The molecule has 1 fully saturated rings. The Hall–Kier alpha value is -1.74. The third kappa shape index (κ3) is 2.65. The summed E-state index contributed by atoms with van der Waals surface area (Å²) in [5.74, 6) is -0.907. The van der Waals surface area contributed by atoms with Crippen molar-refractivity contribution in [3.63, 3.8) is 0 Å². The van der Waals surface area contributed by atoms with Gasteiger partial charge < -0.3 is 4.98 Å². The fraction of sp³-hybridized carbons (Fsp3) is 0.533. The number of rotatable bonds is 5. The number of aromatic nitrogens is 5. The zero-order valence-corrected chi connectivity index (χ0v) is 13.9. The molecule has 4 rings (SSSR count). The fourth-order valence-corrected chi connectivity index (χ4v) is 4.26. The first kappa shape index (κ1) is 15.8. The first-order valence-electron chi connectivity index (χ1n) is 8.03. The van der Waals surface area contributed by atoms with Crippen LogP contribution >= 0.6 is 11.9 Å². The van der Waals surface area contributed by atoms with Gasteiger partial charge in [-0.2, -0.15) is 8.78 Å². The molecule has 0 spiro atoms. The molecule has 3 heterocycles. The number of fused-ring (bicyclic) bond motifs is 3. The summed E-state index contributed by atoms with van der Waals surface area (Å²) >= 11 is 0.507. The Morgan fingerprint density at radius 1 is 1.42 bits per heavy atom. The van der Waals surface area contributed by atoms with Crippen molar-refractivity contribution in [2.75, 3.05) is 0 Å². The van der Waals surface area contributed by atoms with Crippen molar-refractivity contribution in [2.45, 2.75) is 43.9 Å². The van der Waals surface area contributed by atoms with Gasteiger partial charge in [-0.05, 0) is 36.8 Å². The molecule has 0 aliphatic heterocycles. The van der Waals surface area contributed by atoms with E-state index in [1.807, 2.05) is 16.7 Å². The minimum atomic E-state index is -2.40. The summed E-state index contributed by atoms with van der Waals surface area (Å²) in [4.78, 5) is 7.43. The predicted molar refractivity (Wildman–Crippen MR) is 88.9 cm³/mol. The summed E-state index contributed by atoms with van der Waals surface area (Å²) in [5.41, 5.74) is 2.45. The van der Waals surface area contributed by atoms with Crippen LogP contribution in [0.25, 0.3) is 16.8 Å². The van der Waals surface area contributed by atoms with Crippen LogP contribution in [0.15, 0.2) is 18.5 Å². The van der Waals surface area contributed by atoms with Gasteiger partial charge >= 0.3 is 0 Å². The van der Waals surface area contributed by atoms with E-state index >= 15 is 0 Å². The molecule has 0 radical (unpaired) electrons. The Kier molecular flexibility index (Phi) is 4.13. The van der Waals surface area contributed by atoms with Crippen LogP contribution in [0.3, 0.4) is 0 Å². The minimum absolute atomic E-state index is 0.0647. The molecular weight excluding hydrogens is 334 g/mol. The molecular formula is C15H18F2N6S. The molecule has 0 amide bonds. The topological polar surface area (TPSA) is 70.9 Å². The van der Waals surface area contributed by atoms with E-state index in [0.717, 1.165) is 36.3 Å². The third-order valence-electron chi connectivity index (χ3n) is 4.84. The standard InChI is InChI=1S/C15H18F2N6S/c1-2-8-5-9(22-24-15(16)17)6-10(8)14-21-20-12-7-19-13-11(23(12)14)3-4-18-13/h3-4,7-10,15,18,22H,2,5-6H2,1H3. The van der Waals surface area contributed by atoms with E-state index in [0.29, 0.717) is 23.5 Å². The van der Waals surface area contributed by atoms with Gasteiger partial charge in [-0.15, -0.1) is 10.2 Å². The molecule has 6 nitrogen and oxygen atoms in total. The summed E-state index contributed by atoms with van der Waals surface area (Å²) in [6.07, 6.45) is 6.19. The number of H-pyrrole nitrogens is 1. The summed E-state index contributed by atoms with van der Waals surface area (Å²) in [6, 6.07) is 2.02. The van der Waals surface area contributed by atoms with Crippen LogP contribution in [0.1, 0.15) is 37.9 Å². The molecule has 128 valence electrons. The van der Waals surface area contributed by atoms with Gasteiger partial charge in [-0.1, -0.05) is 13.3 Å². The molecule has 3 aromatic heterocycles. The van der Waals surface area contributed by atoms with Crippen LogP contribution in [0.2, 0.25) is 0 Å². The first-order chi connectivity index (χ1) is 11.7. The lowest BCUT2D eigenvalue weighted by Gasteiger charge is -2.16. The van der Waals surface area contributed by atoms with Gasteiger partial charge in [0.1, 0.15) is 5.82 Å². The fourth-order valence-electron chi connectivity index (χ4n) is 3.77. The lowest BCUT2D eigenvalue weighted by atomic mass is 9.93. The quantitative estimate of drug-likeness (QED) is 0.689. The Labute approximate surface area is 141 Å². The van der Waals surface area contributed by atoms with Gasteiger partial charge in [0.2, 0.25) is 0 Å². The van der Waals surface area contributed by atoms with Crippen molar-refractivity contribution in [2.24, 2.45) is 5.92 Å². The minimum Gasteiger partial charge on any atom is -0.345 e. The van der Waals surface area contributed by atoms with E-state index in [9.17, 15) is 8.78 Å². The number of halogens is 2. The number of aromatic amines is 1. The SMILES string of the molecule is CCC1CC(NSC(F)F)CC1c1nnc2cnc3[nH]ccc3n12. The van der Waals surface area contributed by atoms with Crippen molar-refractivity contribution in [1.29, 1.82) is 0 Å². The average molecular weight is 352 g/mol. The molecule has 0 saturated heterocycles.